The Morgan fingerprint density at radius 2 is 2.12 bits per heavy atom. The van der Waals surface area contributed by atoms with Gasteiger partial charge >= 0.3 is 0 Å². The Kier molecular flexibility index (Phi) is 3.79. The fourth-order valence-electron chi connectivity index (χ4n) is 2.33. The zero-order valence-electron chi connectivity index (χ0n) is 10.9. The van der Waals surface area contributed by atoms with Crippen LogP contribution in [-0.4, -0.2) is 16.8 Å². The summed E-state index contributed by atoms with van der Waals surface area (Å²) in [6, 6.07) is 8.79. The predicted octanol–water partition coefficient (Wildman–Crippen LogP) is 3.02. The second-order valence-electron chi connectivity index (χ2n) is 4.51. The van der Waals surface area contributed by atoms with E-state index in [0.717, 1.165) is 6.42 Å². The summed E-state index contributed by atoms with van der Waals surface area (Å²) in [4.78, 5) is 0. The molecular formula is C14H21N3. The molecule has 0 fully saturated rings. The average Bonchev–Trinajstić information content (AvgIpc) is 2.69. The molecular weight excluding hydrogens is 210 g/mol. The monoisotopic (exact) mass is 231 g/mol. The van der Waals surface area contributed by atoms with Gasteiger partial charge in [-0.2, -0.15) is 5.10 Å². The third kappa shape index (κ3) is 2.34. The highest BCUT2D eigenvalue weighted by Crippen LogP contribution is 2.26. The first-order valence-corrected chi connectivity index (χ1v) is 6.36. The molecule has 0 amide bonds. The first-order valence-electron chi connectivity index (χ1n) is 6.36. The minimum absolute atomic E-state index is 0.362. The van der Waals surface area contributed by atoms with Gasteiger partial charge in [0.15, 0.2) is 0 Å². The number of hydrogen-bond acceptors (Lipinski definition) is 2. The molecule has 0 saturated heterocycles. The van der Waals surface area contributed by atoms with Gasteiger partial charge in [-0.15, -0.1) is 0 Å². The lowest BCUT2D eigenvalue weighted by Gasteiger charge is -2.13. The smallest absolute Gasteiger partial charge is 0.0872 e. The van der Waals surface area contributed by atoms with Gasteiger partial charge in [-0.25, -0.2) is 0 Å². The minimum Gasteiger partial charge on any atom is -0.312 e. The first-order chi connectivity index (χ1) is 8.27. The van der Waals surface area contributed by atoms with Crippen LogP contribution in [0.15, 0.2) is 24.3 Å². The number of para-hydroxylation sites is 1. The molecule has 0 spiro atoms. The molecule has 0 radical (unpaired) electrons. The molecule has 1 N–H and O–H groups in total. The summed E-state index contributed by atoms with van der Waals surface area (Å²) in [7, 11) is 4.03. The van der Waals surface area contributed by atoms with Crippen molar-refractivity contribution >= 4 is 10.9 Å². The molecule has 1 aromatic carbocycles. The lowest BCUT2D eigenvalue weighted by Crippen LogP contribution is -2.17. The van der Waals surface area contributed by atoms with E-state index in [2.05, 4.69) is 41.6 Å². The molecule has 2 rings (SSSR count). The van der Waals surface area contributed by atoms with Gasteiger partial charge in [0, 0.05) is 12.4 Å². The van der Waals surface area contributed by atoms with E-state index >= 15 is 0 Å². The normalized spacial score (nSPS) is 13.1. The van der Waals surface area contributed by atoms with Gasteiger partial charge in [0.1, 0.15) is 0 Å². The van der Waals surface area contributed by atoms with E-state index in [1.807, 2.05) is 18.8 Å². The van der Waals surface area contributed by atoms with Gasteiger partial charge in [0.25, 0.3) is 0 Å². The maximum absolute atomic E-state index is 4.67. The summed E-state index contributed by atoms with van der Waals surface area (Å²) in [6.45, 7) is 2.23. The summed E-state index contributed by atoms with van der Waals surface area (Å²) in [5, 5.41) is 9.32. The van der Waals surface area contributed by atoms with Gasteiger partial charge in [-0.1, -0.05) is 38.0 Å². The Hall–Kier alpha value is -1.35. The molecule has 0 saturated carbocycles. The van der Waals surface area contributed by atoms with Crippen LogP contribution < -0.4 is 5.32 Å². The molecule has 0 aliphatic heterocycles. The molecule has 3 nitrogen and oxygen atoms in total. The summed E-state index contributed by atoms with van der Waals surface area (Å²) in [5.74, 6) is 0. The van der Waals surface area contributed by atoms with E-state index in [-0.39, 0.29) is 0 Å². The second kappa shape index (κ2) is 5.32. The zero-order chi connectivity index (χ0) is 12.3. The van der Waals surface area contributed by atoms with Crippen molar-refractivity contribution in [1.29, 1.82) is 0 Å². The summed E-state index contributed by atoms with van der Waals surface area (Å²) >= 11 is 0. The fraction of sp³-hybridized carbons (Fsp3) is 0.500. The first kappa shape index (κ1) is 12.1. The number of fused-ring (bicyclic) bond motifs is 1. The Morgan fingerprint density at radius 1 is 1.35 bits per heavy atom. The molecule has 3 heteroatoms. The Labute approximate surface area is 103 Å². The summed E-state index contributed by atoms with van der Waals surface area (Å²) in [5.41, 5.74) is 2.39. The van der Waals surface area contributed by atoms with Crippen molar-refractivity contribution < 1.29 is 0 Å². The number of aromatic nitrogens is 2. The van der Waals surface area contributed by atoms with Crippen LogP contribution in [0.25, 0.3) is 10.9 Å². The van der Waals surface area contributed by atoms with E-state index in [0.29, 0.717) is 6.04 Å². The van der Waals surface area contributed by atoms with Crippen molar-refractivity contribution in [2.75, 3.05) is 7.05 Å². The van der Waals surface area contributed by atoms with Crippen molar-refractivity contribution in [3.05, 3.63) is 30.0 Å². The number of nitrogens with one attached hydrogen (secondary N) is 1. The minimum atomic E-state index is 0.362. The van der Waals surface area contributed by atoms with E-state index in [1.54, 1.807) is 0 Å². The van der Waals surface area contributed by atoms with Crippen LogP contribution in [-0.2, 0) is 7.05 Å². The summed E-state index contributed by atoms with van der Waals surface area (Å²) < 4.78 is 1.97. The van der Waals surface area contributed by atoms with Gasteiger partial charge in [-0.3, -0.25) is 4.68 Å². The SMILES string of the molecule is CCCCC(NC)c1nn(C)c2ccccc12. The van der Waals surface area contributed by atoms with Crippen molar-refractivity contribution in [3.8, 4) is 0 Å². The molecule has 1 unspecified atom stereocenters. The summed E-state index contributed by atoms with van der Waals surface area (Å²) in [6.07, 6.45) is 3.60. The van der Waals surface area contributed by atoms with E-state index in [4.69, 9.17) is 0 Å². The molecule has 1 atom stereocenters. The lowest BCUT2D eigenvalue weighted by molar-refractivity contribution is 0.507. The van der Waals surface area contributed by atoms with Gasteiger partial charge < -0.3 is 5.32 Å². The predicted molar refractivity (Wildman–Crippen MR) is 72.0 cm³/mol. The van der Waals surface area contributed by atoms with Crippen LogP contribution >= 0.6 is 0 Å². The largest absolute Gasteiger partial charge is 0.312 e. The molecule has 2 aromatic rings. The third-order valence-corrected chi connectivity index (χ3v) is 3.31. The second-order valence-corrected chi connectivity index (χ2v) is 4.51. The Balaban J connectivity index is 2.39. The van der Waals surface area contributed by atoms with Gasteiger partial charge in [0.05, 0.1) is 17.3 Å². The zero-order valence-corrected chi connectivity index (χ0v) is 10.9. The van der Waals surface area contributed by atoms with Crippen LogP contribution in [0, 0.1) is 0 Å². The fourth-order valence-corrected chi connectivity index (χ4v) is 2.33. The molecule has 0 aliphatic carbocycles. The average molecular weight is 231 g/mol. The standard InChI is InChI=1S/C14H21N3/c1-4-5-9-12(15-2)14-11-8-6-7-10-13(11)17(3)16-14/h6-8,10,12,15H,4-5,9H2,1-3H3. The van der Waals surface area contributed by atoms with E-state index in [9.17, 15) is 0 Å². The maximum atomic E-state index is 4.67. The Bertz CT molecular complexity index is 487. The number of rotatable bonds is 5. The highest BCUT2D eigenvalue weighted by molar-refractivity contribution is 5.82. The number of benzene rings is 1. The maximum Gasteiger partial charge on any atom is 0.0872 e. The number of unbranched alkanes of at least 4 members (excludes halogenated alkanes) is 1. The molecule has 0 bridgehead atoms. The number of nitrogens with zero attached hydrogens (tertiary/aromatic N) is 2. The topological polar surface area (TPSA) is 29.9 Å². The van der Waals surface area contributed by atoms with Crippen molar-refractivity contribution in [3.63, 3.8) is 0 Å². The molecule has 1 aromatic heterocycles. The van der Waals surface area contributed by atoms with Crippen molar-refractivity contribution in [1.82, 2.24) is 15.1 Å². The van der Waals surface area contributed by atoms with Crippen LogP contribution in [0.1, 0.15) is 37.9 Å². The van der Waals surface area contributed by atoms with Crippen LogP contribution in [0.4, 0.5) is 0 Å². The lowest BCUT2D eigenvalue weighted by atomic mass is 10.0. The van der Waals surface area contributed by atoms with Crippen LogP contribution in [0.2, 0.25) is 0 Å². The highest BCUT2D eigenvalue weighted by Gasteiger charge is 2.16. The molecule has 1 heterocycles. The van der Waals surface area contributed by atoms with Crippen molar-refractivity contribution in [2.24, 2.45) is 7.05 Å². The third-order valence-electron chi connectivity index (χ3n) is 3.31. The van der Waals surface area contributed by atoms with E-state index < -0.39 is 0 Å². The quantitative estimate of drug-likeness (QED) is 0.857. The molecule has 92 valence electrons. The highest BCUT2D eigenvalue weighted by atomic mass is 15.3. The number of hydrogen-bond donors (Lipinski definition) is 1. The Morgan fingerprint density at radius 3 is 2.82 bits per heavy atom. The van der Waals surface area contributed by atoms with E-state index in [1.165, 1.54) is 29.4 Å². The van der Waals surface area contributed by atoms with Gasteiger partial charge in [0.2, 0.25) is 0 Å². The van der Waals surface area contributed by atoms with Crippen LogP contribution in [0.5, 0.6) is 0 Å². The molecule has 17 heavy (non-hydrogen) atoms. The van der Waals surface area contributed by atoms with Crippen LogP contribution in [0.3, 0.4) is 0 Å². The molecule has 0 aliphatic rings. The number of aryl methyl sites for hydroxylation is 1. The van der Waals surface area contributed by atoms with Crippen molar-refractivity contribution in [2.45, 2.75) is 32.2 Å². The van der Waals surface area contributed by atoms with Gasteiger partial charge in [-0.05, 0) is 19.5 Å².